The molecule has 1 aromatic heterocycles. The van der Waals surface area contributed by atoms with Gasteiger partial charge < -0.3 is 58.0 Å². The number of thiophene rings is 1. The van der Waals surface area contributed by atoms with Gasteiger partial charge in [0.2, 0.25) is 24.6 Å². The Kier molecular flexibility index (Phi) is 7.38. The van der Waals surface area contributed by atoms with E-state index in [1.54, 1.807) is 12.1 Å². The molecule has 4 aliphatic heterocycles. The summed E-state index contributed by atoms with van der Waals surface area (Å²) >= 11 is 1.47. The second-order valence-corrected chi connectivity index (χ2v) is 12.8. The number of aliphatic hydroxyl groups excluding tert-OH is 2. The Bertz CT molecular complexity index is 1630. The highest BCUT2D eigenvalue weighted by Crippen LogP contribution is 2.57. The second kappa shape index (κ2) is 11.5. The summed E-state index contributed by atoms with van der Waals surface area (Å²) in [5, 5.41) is 35.0. The van der Waals surface area contributed by atoms with E-state index in [-0.39, 0.29) is 66.6 Å². The van der Waals surface area contributed by atoms with Crippen molar-refractivity contribution in [3.05, 3.63) is 45.6 Å². The lowest BCUT2D eigenvalue weighted by Crippen LogP contribution is -2.62. The number of aromatic hydroxyl groups is 1. The predicted octanol–water partition coefficient (Wildman–Crippen LogP) is 2.69. The van der Waals surface area contributed by atoms with Gasteiger partial charge >= 0.3 is 5.97 Å². The minimum atomic E-state index is -1.48. The molecule has 0 spiro atoms. The average molecular weight is 657 g/mol. The molecule has 3 fully saturated rings. The van der Waals surface area contributed by atoms with Crippen LogP contribution in [-0.2, 0) is 36.6 Å². The summed E-state index contributed by atoms with van der Waals surface area (Å²) < 4.78 is 52.8. The van der Waals surface area contributed by atoms with Crippen LogP contribution >= 0.6 is 11.3 Å². The lowest BCUT2D eigenvalue weighted by atomic mass is 9.74. The summed E-state index contributed by atoms with van der Waals surface area (Å²) in [6.07, 6.45) is -5.64. The van der Waals surface area contributed by atoms with E-state index >= 15 is 0 Å². The fourth-order valence-electron chi connectivity index (χ4n) is 7.00. The molecule has 244 valence electrons. The number of aliphatic hydroxyl groups is 2. The molecule has 14 heteroatoms. The standard InChI is InChI=1S/C32H32O13S/c1-37-18-7-13(8-19(38-2)23(18)33)22-16-9-15-14(10-39-30(15)36)6-17(16)26(29-28(22)41-12-42-29)44-32-25(35)24(34)27-20(43-32)11-40-31(45-27)21-4-3-5-46-21/h3-5,7-8,14-15,20,24-25,27,31-35H,6,9-12H2,1-2H3/t14-,15+,20+,24+,25+,27+,31?,32-/m0/s1. The topological polar surface area (TPSA) is 161 Å². The van der Waals surface area contributed by atoms with Crippen molar-refractivity contribution in [1.29, 1.82) is 0 Å². The molecule has 5 aliphatic rings. The molecule has 0 saturated carbocycles. The van der Waals surface area contributed by atoms with E-state index in [1.165, 1.54) is 25.6 Å². The van der Waals surface area contributed by atoms with Gasteiger partial charge in [0.15, 0.2) is 29.3 Å². The number of ether oxygens (including phenoxy) is 9. The number of benzene rings is 2. The number of cyclic esters (lactones) is 1. The summed E-state index contributed by atoms with van der Waals surface area (Å²) in [6, 6.07) is 7.07. The minimum Gasteiger partial charge on any atom is -0.502 e. The Hall–Kier alpha value is -3.79. The monoisotopic (exact) mass is 656 g/mol. The number of phenolic OH excluding ortho intramolecular Hbond substituents is 1. The highest BCUT2D eigenvalue weighted by molar-refractivity contribution is 7.10. The molecule has 3 N–H and O–H groups in total. The quantitative estimate of drug-likeness (QED) is 0.333. The Balaban J connectivity index is 1.19. The van der Waals surface area contributed by atoms with E-state index in [1.807, 2.05) is 17.5 Å². The number of rotatable bonds is 6. The van der Waals surface area contributed by atoms with Gasteiger partial charge in [0.1, 0.15) is 24.4 Å². The largest absolute Gasteiger partial charge is 0.502 e. The maximum atomic E-state index is 12.8. The molecule has 3 saturated heterocycles. The van der Waals surface area contributed by atoms with Gasteiger partial charge in [-0.15, -0.1) is 11.3 Å². The first-order chi connectivity index (χ1) is 22.4. The molecule has 0 bridgehead atoms. The molecule has 3 aromatic rings. The molecule has 13 nitrogen and oxygen atoms in total. The maximum Gasteiger partial charge on any atom is 0.309 e. The zero-order valence-electron chi connectivity index (χ0n) is 24.9. The fraction of sp³-hybridized carbons (Fsp3) is 0.469. The Morgan fingerprint density at radius 3 is 2.46 bits per heavy atom. The van der Waals surface area contributed by atoms with Gasteiger partial charge in [-0.05, 0) is 47.5 Å². The maximum absolute atomic E-state index is 12.8. The van der Waals surface area contributed by atoms with Crippen LogP contribution in [0.4, 0.5) is 0 Å². The number of hydrogen-bond acceptors (Lipinski definition) is 14. The highest BCUT2D eigenvalue weighted by atomic mass is 32.1. The number of methoxy groups -OCH3 is 2. The molecular formula is C32H32O13S. The summed E-state index contributed by atoms with van der Waals surface area (Å²) in [7, 11) is 2.88. The third kappa shape index (κ3) is 4.66. The van der Waals surface area contributed by atoms with Crippen LogP contribution in [0.25, 0.3) is 11.1 Å². The first kappa shape index (κ1) is 29.6. The average Bonchev–Trinajstić information content (AvgIpc) is 3.85. The molecule has 1 aliphatic carbocycles. The smallest absolute Gasteiger partial charge is 0.309 e. The third-order valence-electron chi connectivity index (χ3n) is 9.30. The van der Waals surface area contributed by atoms with Gasteiger partial charge in [-0.1, -0.05) is 6.07 Å². The lowest BCUT2D eigenvalue weighted by molar-refractivity contribution is -0.349. The van der Waals surface area contributed by atoms with Crippen molar-refractivity contribution in [3.63, 3.8) is 0 Å². The normalized spacial score (nSPS) is 31.0. The Morgan fingerprint density at radius 2 is 1.72 bits per heavy atom. The number of phenols is 1. The molecule has 8 atom stereocenters. The van der Waals surface area contributed by atoms with Crippen molar-refractivity contribution in [2.75, 3.05) is 34.2 Å². The van der Waals surface area contributed by atoms with Gasteiger partial charge in [-0.25, -0.2) is 0 Å². The van der Waals surface area contributed by atoms with Crippen LogP contribution in [0.5, 0.6) is 34.5 Å². The van der Waals surface area contributed by atoms with Gasteiger partial charge in [-0.2, -0.15) is 0 Å². The lowest BCUT2D eigenvalue weighted by Gasteiger charge is -2.46. The van der Waals surface area contributed by atoms with Gasteiger partial charge in [0.05, 0.1) is 38.2 Å². The van der Waals surface area contributed by atoms with Crippen LogP contribution in [0.1, 0.15) is 22.3 Å². The van der Waals surface area contributed by atoms with Crippen molar-refractivity contribution in [2.24, 2.45) is 11.8 Å². The van der Waals surface area contributed by atoms with Gasteiger partial charge in [-0.3, -0.25) is 4.79 Å². The third-order valence-corrected chi connectivity index (χ3v) is 10.2. The van der Waals surface area contributed by atoms with Crippen LogP contribution in [0.3, 0.4) is 0 Å². The van der Waals surface area contributed by atoms with E-state index < -0.39 is 37.0 Å². The highest BCUT2D eigenvalue weighted by Gasteiger charge is 2.51. The number of esters is 1. The van der Waals surface area contributed by atoms with E-state index in [0.717, 1.165) is 16.0 Å². The number of hydrogen-bond donors (Lipinski definition) is 3. The Labute approximate surface area is 267 Å². The summed E-state index contributed by atoms with van der Waals surface area (Å²) in [6.45, 7) is 0.257. The van der Waals surface area contributed by atoms with E-state index in [0.29, 0.717) is 29.7 Å². The van der Waals surface area contributed by atoms with Crippen molar-refractivity contribution >= 4 is 17.3 Å². The first-order valence-corrected chi connectivity index (χ1v) is 15.8. The predicted molar refractivity (Wildman–Crippen MR) is 157 cm³/mol. The molecule has 46 heavy (non-hydrogen) atoms. The van der Waals surface area contributed by atoms with Gasteiger partial charge in [0.25, 0.3) is 0 Å². The summed E-state index contributed by atoms with van der Waals surface area (Å²) in [5.41, 5.74) is 2.71. The zero-order valence-corrected chi connectivity index (χ0v) is 25.7. The van der Waals surface area contributed by atoms with Gasteiger partial charge in [0, 0.05) is 17.0 Å². The number of carbonyl (C=O) groups is 1. The SMILES string of the molecule is COc1cc(-c2c3c(c(O[C@@H]4O[C@@H]5COC(c6cccs6)O[C@H]5[C@H](O)[C@H]4O)c4c2OCO4)C[C@H]2COC(=O)[C@@H]2C3)cc(OC)c1O. The number of carbonyl (C=O) groups excluding carboxylic acids is 1. The van der Waals surface area contributed by atoms with E-state index in [9.17, 15) is 20.1 Å². The van der Waals surface area contributed by atoms with Crippen LogP contribution in [0, 0.1) is 11.8 Å². The summed E-state index contributed by atoms with van der Waals surface area (Å²) in [4.78, 5) is 13.6. The van der Waals surface area contributed by atoms with Crippen molar-refractivity contribution < 1.29 is 62.7 Å². The van der Waals surface area contributed by atoms with Crippen molar-refractivity contribution in [3.8, 4) is 45.6 Å². The summed E-state index contributed by atoms with van der Waals surface area (Å²) in [5.74, 6) is 0.356. The van der Waals surface area contributed by atoms with Crippen molar-refractivity contribution in [1.82, 2.24) is 0 Å². The van der Waals surface area contributed by atoms with E-state index in [4.69, 9.17) is 42.6 Å². The fourth-order valence-corrected chi connectivity index (χ4v) is 7.71. The molecule has 2 aromatic carbocycles. The van der Waals surface area contributed by atoms with Crippen LogP contribution in [0.2, 0.25) is 0 Å². The molecular weight excluding hydrogens is 624 g/mol. The first-order valence-electron chi connectivity index (χ1n) is 14.9. The zero-order chi connectivity index (χ0) is 31.7. The van der Waals surface area contributed by atoms with Crippen LogP contribution in [0.15, 0.2) is 29.6 Å². The number of fused-ring (bicyclic) bond motifs is 4. The Morgan fingerprint density at radius 1 is 0.935 bits per heavy atom. The molecule has 5 heterocycles. The van der Waals surface area contributed by atoms with Crippen LogP contribution in [-0.4, -0.2) is 86.2 Å². The minimum absolute atomic E-state index is 0.110. The molecule has 0 amide bonds. The van der Waals surface area contributed by atoms with Crippen LogP contribution < -0.4 is 23.7 Å². The van der Waals surface area contributed by atoms with Crippen molar-refractivity contribution in [2.45, 2.75) is 49.8 Å². The second-order valence-electron chi connectivity index (χ2n) is 11.8. The molecule has 8 rings (SSSR count). The molecule has 1 unspecified atom stereocenters. The van der Waals surface area contributed by atoms with E-state index in [2.05, 4.69) is 0 Å². The molecule has 0 radical (unpaired) electrons.